The van der Waals surface area contributed by atoms with Crippen LogP contribution in [0.4, 0.5) is 0 Å². The van der Waals surface area contributed by atoms with Crippen molar-refractivity contribution in [3.05, 3.63) is 63.7 Å². The Morgan fingerprint density at radius 1 is 1.23 bits per heavy atom. The SMILES string of the molecule is Cc1nc(-c2ccc(C3OCCc4c3[nH]c3ccc(Br)cc43)cn2)no1. The molecule has 0 saturated heterocycles. The second-order valence-corrected chi connectivity index (χ2v) is 7.24. The topological polar surface area (TPSA) is 76.8 Å². The Bertz CT molecular complexity index is 1100. The molecule has 1 aliphatic heterocycles. The lowest BCUT2D eigenvalue weighted by atomic mass is 9.98. The molecule has 6 nitrogen and oxygen atoms in total. The molecule has 1 aliphatic rings. The molecule has 0 radical (unpaired) electrons. The number of hydrogen-bond acceptors (Lipinski definition) is 5. The number of aromatic nitrogens is 4. The van der Waals surface area contributed by atoms with Crippen molar-refractivity contribution in [1.82, 2.24) is 20.1 Å². The zero-order valence-electron chi connectivity index (χ0n) is 14.0. The summed E-state index contributed by atoms with van der Waals surface area (Å²) in [5, 5.41) is 5.16. The van der Waals surface area contributed by atoms with Gasteiger partial charge in [-0.15, -0.1) is 0 Å². The van der Waals surface area contributed by atoms with Gasteiger partial charge in [-0.2, -0.15) is 4.98 Å². The summed E-state index contributed by atoms with van der Waals surface area (Å²) < 4.78 is 12.2. The number of nitrogens with zero attached hydrogens (tertiary/aromatic N) is 3. The van der Waals surface area contributed by atoms with E-state index < -0.39 is 0 Å². The predicted octanol–water partition coefficient (Wildman–Crippen LogP) is 4.35. The summed E-state index contributed by atoms with van der Waals surface area (Å²) in [6.07, 6.45) is 2.57. The van der Waals surface area contributed by atoms with Crippen molar-refractivity contribution in [2.24, 2.45) is 0 Å². The summed E-state index contributed by atoms with van der Waals surface area (Å²) in [5.41, 5.74) is 5.23. The van der Waals surface area contributed by atoms with E-state index in [4.69, 9.17) is 9.26 Å². The molecular weight excluding hydrogens is 396 g/mol. The van der Waals surface area contributed by atoms with Gasteiger partial charge in [0.1, 0.15) is 11.8 Å². The van der Waals surface area contributed by atoms with Gasteiger partial charge in [-0.25, -0.2) is 0 Å². The van der Waals surface area contributed by atoms with Gasteiger partial charge in [0.15, 0.2) is 0 Å². The van der Waals surface area contributed by atoms with E-state index in [0.717, 1.165) is 27.7 Å². The Balaban J connectivity index is 1.54. The van der Waals surface area contributed by atoms with Gasteiger partial charge in [-0.3, -0.25) is 4.98 Å². The second-order valence-electron chi connectivity index (χ2n) is 6.32. The summed E-state index contributed by atoms with van der Waals surface area (Å²) in [6.45, 7) is 2.44. The van der Waals surface area contributed by atoms with Crippen molar-refractivity contribution in [2.75, 3.05) is 6.61 Å². The van der Waals surface area contributed by atoms with Crippen LogP contribution in [0.3, 0.4) is 0 Å². The zero-order chi connectivity index (χ0) is 17.7. The lowest BCUT2D eigenvalue weighted by Gasteiger charge is -2.23. The first-order valence-corrected chi connectivity index (χ1v) is 9.16. The molecule has 1 aromatic carbocycles. The van der Waals surface area contributed by atoms with Gasteiger partial charge in [0.05, 0.1) is 12.3 Å². The molecule has 0 fully saturated rings. The first-order valence-electron chi connectivity index (χ1n) is 8.37. The maximum Gasteiger partial charge on any atom is 0.223 e. The number of aromatic amines is 1. The maximum atomic E-state index is 6.07. The van der Waals surface area contributed by atoms with Gasteiger partial charge < -0.3 is 14.2 Å². The average Bonchev–Trinajstić information content (AvgIpc) is 3.25. The highest BCUT2D eigenvalue weighted by molar-refractivity contribution is 9.10. The standard InChI is InChI=1S/C19H15BrN4O2/c1-10-22-19(24-26-10)16-4-2-11(9-21-16)18-17-13(6-7-25-18)14-8-12(20)3-5-15(14)23-17/h2-5,8-9,18,23H,6-7H2,1H3. The van der Waals surface area contributed by atoms with E-state index >= 15 is 0 Å². The highest BCUT2D eigenvalue weighted by Gasteiger charge is 2.27. The largest absolute Gasteiger partial charge is 0.367 e. The fourth-order valence-corrected chi connectivity index (χ4v) is 3.82. The Morgan fingerprint density at radius 3 is 2.92 bits per heavy atom. The van der Waals surface area contributed by atoms with Crippen molar-refractivity contribution >= 4 is 26.8 Å². The molecule has 0 amide bonds. The normalized spacial score (nSPS) is 16.8. The summed E-state index contributed by atoms with van der Waals surface area (Å²) >= 11 is 3.56. The van der Waals surface area contributed by atoms with Crippen LogP contribution in [0, 0.1) is 6.92 Å². The molecule has 1 N–H and O–H groups in total. The quantitative estimate of drug-likeness (QED) is 0.531. The Labute approximate surface area is 157 Å². The highest BCUT2D eigenvalue weighted by Crippen LogP contribution is 2.37. The molecule has 0 bridgehead atoms. The van der Waals surface area contributed by atoms with Crippen LogP contribution in [0.5, 0.6) is 0 Å². The number of benzene rings is 1. The molecule has 0 spiro atoms. The summed E-state index contributed by atoms with van der Waals surface area (Å²) in [4.78, 5) is 12.2. The summed E-state index contributed by atoms with van der Waals surface area (Å²) in [6, 6.07) is 10.2. The van der Waals surface area contributed by atoms with E-state index in [1.165, 1.54) is 10.9 Å². The molecule has 130 valence electrons. The van der Waals surface area contributed by atoms with Crippen LogP contribution < -0.4 is 0 Å². The molecule has 5 rings (SSSR count). The van der Waals surface area contributed by atoms with E-state index in [-0.39, 0.29) is 6.10 Å². The van der Waals surface area contributed by atoms with Crippen LogP contribution in [0.15, 0.2) is 45.5 Å². The third kappa shape index (κ3) is 2.55. The molecule has 0 aliphatic carbocycles. The highest BCUT2D eigenvalue weighted by atomic mass is 79.9. The van der Waals surface area contributed by atoms with E-state index in [1.807, 2.05) is 24.4 Å². The van der Waals surface area contributed by atoms with E-state index in [2.05, 4.69) is 48.2 Å². The van der Waals surface area contributed by atoms with Gasteiger partial charge >= 0.3 is 0 Å². The Kier molecular flexibility index (Phi) is 3.65. The van der Waals surface area contributed by atoms with Crippen LogP contribution in [0.2, 0.25) is 0 Å². The first kappa shape index (κ1) is 15.7. The van der Waals surface area contributed by atoms with Gasteiger partial charge in [-0.1, -0.05) is 27.2 Å². The van der Waals surface area contributed by atoms with Crippen LogP contribution in [-0.2, 0) is 11.2 Å². The van der Waals surface area contributed by atoms with Crippen molar-refractivity contribution in [3.8, 4) is 11.5 Å². The summed E-state index contributed by atoms with van der Waals surface area (Å²) in [5.74, 6) is 1.02. The number of ether oxygens (including phenoxy) is 1. The van der Waals surface area contributed by atoms with Gasteiger partial charge in [-0.05, 0) is 36.2 Å². The number of halogens is 1. The molecule has 3 aromatic heterocycles. The van der Waals surface area contributed by atoms with Crippen LogP contribution in [0.25, 0.3) is 22.4 Å². The predicted molar refractivity (Wildman–Crippen MR) is 99.8 cm³/mol. The number of fused-ring (bicyclic) bond motifs is 3. The van der Waals surface area contributed by atoms with Crippen molar-refractivity contribution < 1.29 is 9.26 Å². The third-order valence-corrected chi connectivity index (χ3v) is 5.14. The maximum absolute atomic E-state index is 6.07. The van der Waals surface area contributed by atoms with Crippen molar-refractivity contribution in [1.29, 1.82) is 0 Å². The van der Waals surface area contributed by atoms with Crippen LogP contribution in [0.1, 0.15) is 28.8 Å². The Hall–Kier alpha value is -2.51. The molecule has 0 saturated carbocycles. The number of H-pyrrole nitrogens is 1. The minimum absolute atomic E-state index is 0.154. The molecule has 4 heterocycles. The fraction of sp³-hybridized carbons (Fsp3) is 0.211. The lowest BCUT2D eigenvalue weighted by molar-refractivity contribution is 0.0675. The summed E-state index contributed by atoms with van der Waals surface area (Å²) in [7, 11) is 0. The number of aryl methyl sites for hydroxylation is 1. The number of nitrogens with one attached hydrogen (secondary N) is 1. The average molecular weight is 411 g/mol. The molecule has 1 atom stereocenters. The Morgan fingerprint density at radius 2 is 2.15 bits per heavy atom. The smallest absolute Gasteiger partial charge is 0.223 e. The minimum Gasteiger partial charge on any atom is -0.367 e. The fourth-order valence-electron chi connectivity index (χ4n) is 3.45. The third-order valence-electron chi connectivity index (χ3n) is 4.65. The van der Waals surface area contributed by atoms with Gasteiger partial charge in [0.2, 0.25) is 11.7 Å². The lowest BCUT2D eigenvalue weighted by Crippen LogP contribution is -2.17. The second kappa shape index (κ2) is 6.03. The molecule has 26 heavy (non-hydrogen) atoms. The molecule has 1 unspecified atom stereocenters. The van der Waals surface area contributed by atoms with E-state index in [0.29, 0.717) is 24.0 Å². The van der Waals surface area contributed by atoms with E-state index in [1.54, 1.807) is 6.92 Å². The number of hydrogen-bond donors (Lipinski definition) is 1. The van der Waals surface area contributed by atoms with Crippen molar-refractivity contribution in [3.63, 3.8) is 0 Å². The van der Waals surface area contributed by atoms with Gasteiger partial charge in [0, 0.05) is 34.1 Å². The zero-order valence-corrected chi connectivity index (χ0v) is 15.6. The minimum atomic E-state index is -0.154. The van der Waals surface area contributed by atoms with Crippen molar-refractivity contribution in [2.45, 2.75) is 19.4 Å². The monoisotopic (exact) mass is 410 g/mol. The molecule has 7 heteroatoms. The molecule has 4 aromatic rings. The van der Waals surface area contributed by atoms with E-state index in [9.17, 15) is 0 Å². The van der Waals surface area contributed by atoms with Crippen LogP contribution in [-0.4, -0.2) is 26.7 Å². The molecular formula is C19H15BrN4O2. The first-order chi connectivity index (χ1) is 12.7. The van der Waals surface area contributed by atoms with Gasteiger partial charge in [0.25, 0.3) is 0 Å². The number of rotatable bonds is 2. The number of pyridine rings is 1. The van der Waals surface area contributed by atoms with Crippen LogP contribution >= 0.6 is 15.9 Å².